The van der Waals surface area contributed by atoms with E-state index in [0.29, 0.717) is 0 Å². The highest BCUT2D eigenvalue weighted by molar-refractivity contribution is 5.80. The van der Waals surface area contributed by atoms with Crippen molar-refractivity contribution >= 4 is 11.0 Å². The van der Waals surface area contributed by atoms with Crippen LogP contribution in [0.3, 0.4) is 0 Å². The van der Waals surface area contributed by atoms with Crippen LogP contribution in [0.2, 0.25) is 0 Å². The summed E-state index contributed by atoms with van der Waals surface area (Å²) in [5.41, 5.74) is 5.33. The highest BCUT2D eigenvalue weighted by Gasteiger charge is 2.19. The van der Waals surface area contributed by atoms with E-state index < -0.39 is 0 Å². The van der Waals surface area contributed by atoms with E-state index in [-0.39, 0.29) is 0 Å². The Balaban J connectivity index is 1.84. The summed E-state index contributed by atoms with van der Waals surface area (Å²) < 4.78 is 2.46. The molecule has 0 bridgehead atoms. The highest BCUT2D eigenvalue weighted by atomic mass is 15.1. The second kappa shape index (κ2) is 5.03. The van der Waals surface area contributed by atoms with E-state index in [4.69, 9.17) is 4.98 Å². The van der Waals surface area contributed by atoms with Gasteiger partial charge in [-0.1, -0.05) is 49.4 Å². The van der Waals surface area contributed by atoms with E-state index in [9.17, 15) is 0 Å². The van der Waals surface area contributed by atoms with Gasteiger partial charge in [-0.2, -0.15) is 0 Å². The minimum absolute atomic E-state index is 0.750. The molecule has 0 N–H and O–H groups in total. The van der Waals surface area contributed by atoms with Crippen LogP contribution in [-0.2, 0) is 19.4 Å². The summed E-state index contributed by atoms with van der Waals surface area (Å²) in [5, 5.41) is 0. The van der Waals surface area contributed by atoms with Gasteiger partial charge < -0.3 is 4.57 Å². The number of para-hydroxylation sites is 1. The summed E-state index contributed by atoms with van der Waals surface area (Å²) in [4.78, 5) is 4.91. The van der Waals surface area contributed by atoms with Gasteiger partial charge in [0, 0.05) is 13.0 Å². The molecule has 4 rings (SSSR count). The molecule has 1 aromatic heterocycles. The fourth-order valence-corrected chi connectivity index (χ4v) is 3.45. The molecule has 0 saturated carbocycles. The zero-order chi connectivity index (χ0) is 14.2. The van der Waals surface area contributed by atoms with E-state index >= 15 is 0 Å². The summed E-state index contributed by atoms with van der Waals surface area (Å²) in [6.07, 6.45) is 3.33. The third kappa shape index (κ3) is 2.25. The maximum atomic E-state index is 4.91. The lowest BCUT2D eigenvalue weighted by Crippen LogP contribution is -2.05. The molecular formula is C19H20N2. The van der Waals surface area contributed by atoms with Gasteiger partial charge in [0.15, 0.2) is 0 Å². The Morgan fingerprint density at radius 3 is 2.81 bits per heavy atom. The molecule has 2 nitrogen and oxygen atoms in total. The van der Waals surface area contributed by atoms with Crippen LogP contribution in [0.5, 0.6) is 0 Å². The van der Waals surface area contributed by atoms with Crippen molar-refractivity contribution in [3.05, 3.63) is 65.5 Å². The maximum absolute atomic E-state index is 4.91. The smallest absolute Gasteiger partial charge is 0.114 e. The van der Waals surface area contributed by atoms with Crippen molar-refractivity contribution in [1.82, 2.24) is 9.55 Å². The Kier molecular flexibility index (Phi) is 3.03. The molecule has 0 radical (unpaired) electrons. The van der Waals surface area contributed by atoms with E-state index in [2.05, 4.69) is 60.0 Å². The number of aromatic nitrogens is 2. The SMILES string of the molecule is C[C@@H]1CCn2c(Cc3ccccc3)nc3cccc(c32)C1. The second-order valence-corrected chi connectivity index (χ2v) is 6.22. The zero-order valence-electron chi connectivity index (χ0n) is 12.4. The number of hydrogen-bond acceptors (Lipinski definition) is 1. The molecule has 21 heavy (non-hydrogen) atoms. The summed E-state index contributed by atoms with van der Waals surface area (Å²) in [6, 6.07) is 17.2. The Morgan fingerprint density at radius 2 is 1.95 bits per heavy atom. The molecule has 3 aromatic rings. The van der Waals surface area contributed by atoms with Crippen LogP contribution in [0.4, 0.5) is 0 Å². The third-order valence-electron chi connectivity index (χ3n) is 4.55. The van der Waals surface area contributed by atoms with Crippen LogP contribution in [0.25, 0.3) is 11.0 Å². The van der Waals surface area contributed by atoms with Crippen molar-refractivity contribution in [1.29, 1.82) is 0 Å². The predicted molar refractivity (Wildman–Crippen MR) is 86.5 cm³/mol. The summed E-state index contributed by atoms with van der Waals surface area (Å²) in [6.45, 7) is 3.45. The van der Waals surface area contributed by atoms with Crippen molar-refractivity contribution in [3.63, 3.8) is 0 Å². The van der Waals surface area contributed by atoms with Crippen molar-refractivity contribution < 1.29 is 0 Å². The van der Waals surface area contributed by atoms with Crippen molar-refractivity contribution in [2.24, 2.45) is 5.92 Å². The van der Waals surface area contributed by atoms with Crippen LogP contribution in [0, 0.1) is 5.92 Å². The first-order valence-electron chi connectivity index (χ1n) is 7.82. The fraction of sp³-hybridized carbons (Fsp3) is 0.316. The van der Waals surface area contributed by atoms with Gasteiger partial charge in [0.25, 0.3) is 0 Å². The Hall–Kier alpha value is -2.09. The van der Waals surface area contributed by atoms with Crippen LogP contribution < -0.4 is 0 Å². The second-order valence-electron chi connectivity index (χ2n) is 6.22. The molecule has 2 aromatic carbocycles. The van der Waals surface area contributed by atoms with Crippen LogP contribution in [0.1, 0.15) is 30.3 Å². The number of benzene rings is 2. The number of rotatable bonds is 2. The molecule has 0 fully saturated rings. The molecule has 0 spiro atoms. The lowest BCUT2D eigenvalue weighted by atomic mass is 9.99. The standard InChI is InChI=1S/C19H20N2/c1-14-10-11-21-18(13-15-6-3-2-4-7-15)20-17-9-5-8-16(12-14)19(17)21/h2-9,14H,10-13H2,1H3/t14-/m1/s1. The normalized spacial score (nSPS) is 17.9. The van der Waals surface area contributed by atoms with Gasteiger partial charge in [-0.3, -0.25) is 0 Å². The minimum Gasteiger partial charge on any atom is -0.327 e. The fourth-order valence-electron chi connectivity index (χ4n) is 3.45. The topological polar surface area (TPSA) is 17.8 Å². The molecule has 0 amide bonds. The van der Waals surface area contributed by atoms with Crippen LogP contribution in [0.15, 0.2) is 48.5 Å². The Bertz CT molecular complexity index is 771. The van der Waals surface area contributed by atoms with Gasteiger partial charge in [-0.25, -0.2) is 4.98 Å². The van der Waals surface area contributed by atoms with Crippen molar-refractivity contribution in [3.8, 4) is 0 Å². The van der Waals surface area contributed by atoms with Gasteiger partial charge in [-0.05, 0) is 36.0 Å². The molecule has 1 aliphatic heterocycles. The van der Waals surface area contributed by atoms with Gasteiger partial charge in [-0.15, -0.1) is 0 Å². The van der Waals surface area contributed by atoms with E-state index in [1.807, 2.05) is 0 Å². The first kappa shape index (κ1) is 12.6. The molecule has 2 heteroatoms. The molecule has 1 atom stereocenters. The van der Waals surface area contributed by atoms with Crippen molar-refractivity contribution in [2.75, 3.05) is 0 Å². The number of imidazole rings is 1. The summed E-state index contributed by atoms with van der Waals surface area (Å²) in [5.74, 6) is 1.96. The quantitative estimate of drug-likeness (QED) is 0.685. The highest BCUT2D eigenvalue weighted by Crippen LogP contribution is 2.28. The van der Waals surface area contributed by atoms with Gasteiger partial charge in [0.1, 0.15) is 5.82 Å². The number of nitrogens with zero attached hydrogens (tertiary/aromatic N) is 2. The van der Waals surface area contributed by atoms with E-state index in [0.717, 1.165) is 24.4 Å². The van der Waals surface area contributed by atoms with Gasteiger partial charge in [0.05, 0.1) is 11.0 Å². The van der Waals surface area contributed by atoms with Crippen LogP contribution in [-0.4, -0.2) is 9.55 Å². The molecular weight excluding hydrogens is 256 g/mol. The third-order valence-corrected chi connectivity index (χ3v) is 4.55. The molecule has 0 saturated heterocycles. The molecule has 0 unspecified atom stereocenters. The first-order chi connectivity index (χ1) is 10.3. The largest absolute Gasteiger partial charge is 0.327 e. The lowest BCUT2D eigenvalue weighted by molar-refractivity contribution is 0.493. The number of aryl methyl sites for hydroxylation is 1. The maximum Gasteiger partial charge on any atom is 0.114 e. The van der Waals surface area contributed by atoms with Gasteiger partial charge >= 0.3 is 0 Å². The Morgan fingerprint density at radius 1 is 1.10 bits per heavy atom. The molecule has 2 heterocycles. The van der Waals surface area contributed by atoms with Crippen molar-refractivity contribution in [2.45, 2.75) is 32.7 Å². The summed E-state index contributed by atoms with van der Waals surface area (Å²) in [7, 11) is 0. The minimum atomic E-state index is 0.750. The van der Waals surface area contributed by atoms with Gasteiger partial charge in [0.2, 0.25) is 0 Å². The summed E-state index contributed by atoms with van der Waals surface area (Å²) >= 11 is 0. The zero-order valence-corrected chi connectivity index (χ0v) is 12.4. The molecule has 1 aliphatic rings. The lowest BCUT2D eigenvalue weighted by Gasteiger charge is -2.09. The number of hydrogen-bond donors (Lipinski definition) is 0. The predicted octanol–water partition coefficient (Wildman–Crippen LogP) is 4.21. The van der Waals surface area contributed by atoms with Crippen LogP contribution >= 0.6 is 0 Å². The first-order valence-corrected chi connectivity index (χ1v) is 7.82. The van der Waals surface area contributed by atoms with E-state index in [1.54, 1.807) is 0 Å². The average molecular weight is 276 g/mol. The average Bonchev–Trinajstić information content (AvgIpc) is 2.74. The Labute approximate surface area is 125 Å². The molecule has 0 aliphatic carbocycles. The molecule has 106 valence electrons. The monoisotopic (exact) mass is 276 g/mol. The van der Waals surface area contributed by atoms with E-state index in [1.165, 1.54) is 35.3 Å².